The van der Waals surface area contributed by atoms with Gasteiger partial charge >= 0.3 is 0 Å². The Balaban J connectivity index is 1.10. The molecule has 2 bridgehead atoms. The van der Waals surface area contributed by atoms with Crippen LogP contribution in [0.1, 0.15) is 55.1 Å². The van der Waals surface area contributed by atoms with Gasteiger partial charge in [0.1, 0.15) is 0 Å². The van der Waals surface area contributed by atoms with Crippen molar-refractivity contribution in [3.63, 3.8) is 0 Å². The average molecular weight is 383 g/mol. The molecule has 1 saturated carbocycles. The summed E-state index contributed by atoms with van der Waals surface area (Å²) in [5.41, 5.74) is 2.10. The highest BCUT2D eigenvalue weighted by atomic mass is 16.3. The Hall–Kier alpha value is -2.28. The first-order chi connectivity index (χ1) is 13.7. The van der Waals surface area contributed by atoms with Gasteiger partial charge in [-0.1, -0.05) is 0 Å². The molecule has 0 aromatic carbocycles. The van der Waals surface area contributed by atoms with Crippen LogP contribution < -0.4 is 4.90 Å². The SMILES string of the molecule is Oc1c2c(c(O)n1CCCCN1CCN(c3ncccn3)CC1)[C@H]1CC[C@@H]2C1. The van der Waals surface area contributed by atoms with Crippen LogP contribution in [0.5, 0.6) is 11.8 Å². The lowest BCUT2D eigenvalue weighted by Crippen LogP contribution is -2.47. The summed E-state index contributed by atoms with van der Waals surface area (Å²) in [7, 11) is 0. The molecule has 3 heterocycles. The Kier molecular flexibility index (Phi) is 4.62. The molecule has 2 N–H and O–H groups in total. The second-order valence-corrected chi connectivity index (χ2v) is 8.42. The van der Waals surface area contributed by atoms with E-state index in [4.69, 9.17) is 0 Å². The Morgan fingerprint density at radius 3 is 2.11 bits per heavy atom. The van der Waals surface area contributed by atoms with Gasteiger partial charge in [-0.2, -0.15) is 0 Å². The lowest BCUT2D eigenvalue weighted by atomic mass is 9.95. The Morgan fingerprint density at radius 1 is 0.857 bits per heavy atom. The van der Waals surface area contributed by atoms with E-state index in [0.717, 1.165) is 81.9 Å². The molecule has 2 aliphatic carbocycles. The predicted octanol–water partition coefficient (Wildman–Crippen LogP) is 2.66. The van der Waals surface area contributed by atoms with Crippen molar-refractivity contribution in [1.82, 2.24) is 19.4 Å². The quantitative estimate of drug-likeness (QED) is 0.747. The van der Waals surface area contributed by atoms with Crippen molar-refractivity contribution in [1.29, 1.82) is 0 Å². The van der Waals surface area contributed by atoms with Crippen LogP contribution in [-0.4, -0.2) is 62.4 Å². The number of hydrogen-bond donors (Lipinski definition) is 2. The fourth-order valence-electron chi connectivity index (χ4n) is 5.39. The van der Waals surface area contributed by atoms with E-state index in [0.29, 0.717) is 30.1 Å². The van der Waals surface area contributed by atoms with Gasteiger partial charge in [0.2, 0.25) is 5.95 Å². The molecule has 0 spiro atoms. The molecular formula is C21H29N5O2. The molecule has 0 amide bonds. The topological polar surface area (TPSA) is 77.7 Å². The molecule has 0 radical (unpaired) electrons. The number of anilines is 1. The highest BCUT2D eigenvalue weighted by Gasteiger charge is 2.43. The smallest absolute Gasteiger partial charge is 0.225 e. The van der Waals surface area contributed by atoms with Gasteiger partial charge in [0.25, 0.3) is 0 Å². The lowest BCUT2D eigenvalue weighted by molar-refractivity contribution is 0.248. The molecule has 2 aromatic heterocycles. The van der Waals surface area contributed by atoms with Gasteiger partial charge in [-0.3, -0.25) is 9.47 Å². The number of piperazine rings is 1. The minimum atomic E-state index is 0.330. The zero-order valence-corrected chi connectivity index (χ0v) is 16.3. The number of unbranched alkanes of at least 4 members (excludes halogenated alkanes) is 1. The molecule has 2 aromatic rings. The summed E-state index contributed by atoms with van der Waals surface area (Å²) < 4.78 is 1.75. The Morgan fingerprint density at radius 2 is 1.46 bits per heavy atom. The maximum absolute atomic E-state index is 10.6. The van der Waals surface area contributed by atoms with Crippen molar-refractivity contribution in [3.05, 3.63) is 29.6 Å². The highest BCUT2D eigenvalue weighted by Crippen LogP contribution is 2.59. The molecular weight excluding hydrogens is 354 g/mol. The summed E-state index contributed by atoms with van der Waals surface area (Å²) in [6, 6.07) is 1.85. The van der Waals surface area contributed by atoms with Crippen LogP contribution in [0.4, 0.5) is 5.95 Å². The first-order valence-electron chi connectivity index (χ1n) is 10.6. The lowest BCUT2D eigenvalue weighted by Gasteiger charge is -2.34. The van der Waals surface area contributed by atoms with Gasteiger partial charge in [0.05, 0.1) is 0 Å². The van der Waals surface area contributed by atoms with Crippen molar-refractivity contribution < 1.29 is 10.2 Å². The van der Waals surface area contributed by atoms with Crippen LogP contribution >= 0.6 is 0 Å². The molecule has 2 atom stereocenters. The van der Waals surface area contributed by atoms with E-state index >= 15 is 0 Å². The zero-order valence-electron chi connectivity index (χ0n) is 16.3. The number of aromatic hydroxyl groups is 2. The molecule has 5 rings (SSSR count). The van der Waals surface area contributed by atoms with Crippen molar-refractivity contribution in [2.75, 3.05) is 37.6 Å². The number of fused-ring (bicyclic) bond motifs is 5. The highest BCUT2D eigenvalue weighted by molar-refractivity contribution is 5.54. The van der Waals surface area contributed by atoms with Gasteiger partial charge in [0.15, 0.2) is 11.8 Å². The maximum atomic E-state index is 10.6. The predicted molar refractivity (Wildman–Crippen MR) is 107 cm³/mol. The standard InChI is InChI=1S/C21H29N5O2/c27-19-17-15-4-5-16(14-15)18(17)20(28)26(19)9-2-1-8-24-10-12-25(13-11-24)21-22-6-3-7-23-21/h3,6-7,15-16,27-28H,1-2,4-5,8-14H2/t15-,16+. The van der Waals surface area contributed by atoms with E-state index in [1.165, 1.54) is 0 Å². The Bertz CT molecular complexity index is 796. The summed E-state index contributed by atoms with van der Waals surface area (Å²) in [4.78, 5) is 13.4. The van der Waals surface area contributed by atoms with Gasteiger partial charge in [0, 0.05) is 56.2 Å². The van der Waals surface area contributed by atoms with E-state index < -0.39 is 0 Å². The van der Waals surface area contributed by atoms with Crippen LogP contribution in [0.3, 0.4) is 0 Å². The minimum absolute atomic E-state index is 0.330. The monoisotopic (exact) mass is 383 g/mol. The van der Waals surface area contributed by atoms with Crippen LogP contribution in [0.25, 0.3) is 0 Å². The third kappa shape index (κ3) is 3.02. The van der Waals surface area contributed by atoms with Crippen LogP contribution in [0.15, 0.2) is 18.5 Å². The van der Waals surface area contributed by atoms with E-state index in [2.05, 4.69) is 19.8 Å². The summed E-state index contributed by atoms with van der Waals surface area (Å²) >= 11 is 0. The molecule has 3 aliphatic rings. The fraction of sp³-hybridized carbons (Fsp3) is 0.619. The zero-order chi connectivity index (χ0) is 19.1. The van der Waals surface area contributed by atoms with Gasteiger partial charge < -0.3 is 15.1 Å². The van der Waals surface area contributed by atoms with E-state index in [1.54, 1.807) is 17.0 Å². The van der Waals surface area contributed by atoms with Crippen LogP contribution in [0, 0.1) is 0 Å². The van der Waals surface area contributed by atoms with E-state index in [-0.39, 0.29) is 0 Å². The third-order valence-electron chi connectivity index (χ3n) is 6.85. The average Bonchev–Trinajstić information content (AvgIpc) is 3.41. The third-order valence-corrected chi connectivity index (χ3v) is 6.85. The molecule has 1 aliphatic heterocycles. The van der Waals surface area contributed by atoms with Crippen molar-refractivity contribution in [3.8, 4) is 11.8 Å². The number of rotatable bonds is 6. The molecule has 1 saturated heterocycles. The van der Waals surface area contributed by atoms with Crippen molar-refractivity contribution >= 4 is 5.95 Å². The van der Waals surface area contributed by atoms with Crippen LogP contribution in [-0.2, 0) is 6.54 Å². The second kappa shape index (κ2) is 7.28. The first-order valence-corrected chi connectivity index (χ1v) is 10.6. The molecule has 7 heteroatoms. The number of aromatic nitrogens is 3. The molecule has 7 nitrogen and oxygen atoms in total. The molecule has 150 valence electrons. The van der Waals surface area contributed by atoms with Crippen molar-refractivity contribution in [2.45, 2.75) is 50.5 Å². The molecule has 28 heavy (non-hydrogen) atoms. The van der Waals surface area contributed by atoms with Crippen LogP contribution in [0.2, 0.25) is 0 Å². The van der Waals surface area contributed by atoms with Crippen molar-refractivity contribution in [2.24, 2.45) is 0 Å². The summed E-state index contributed by atoms with van der Waals surface area (Å²) in [5, 5.41) is 21.2. The minimum Gasteiger partial charge on any atom is -0.494 e. The molecule has 2 fully saturated rings. The summed E-state index contributed by atoms with van der Waals surface area (Å²) in [5.74, 6) is 2.42. The normalized spacial score (nSPS) is 24.1. The van der Waals surface area contributed by atoms with Gasteiger partial charge in [-0.25, -0.2) is 9.97 Å². The second-order valence-electron chi connectivity index (χ2n) is 8.42. The maximum Gasteiger partial charge on any atom is 0.225 e. The largest absolute Gasteiger partial charge is 0.494 e. The van der Waals surface area contributed by atoms with Gasteiger partial charge in [-0.15, -0.1) is 0 Å². The van der Waals surface area contributed by atoms with E-state index in [1.807, 2.05) is 6.07 Å². The fourth-order valence-corrected chi connectivity index (χ4v) is 5.39. The van der Waals surface area contributed by atoms with E-state index in [9.17, 15) is 10.2 Å². The summed E-state index contributed by atoms with van der Waals surface area (Å²) in [6.45, 7) is 5.71. The van der Waals surface area contributed by atoms with Gasteiger partial charge in [-0.05, 0) is 56.6 Å². The molecule has 0 unspecified atom stereocenters. The Labute approximate surface area is 165 Å². The number of nitrogens with zero attached hydrogens (tertiary/aromatic N) is 5. The first kappa shape index (κ1) is 17.8. The number of hydrogen-bond acceptors (Lipinski definition) is 6. The summed E-state index contributed by atoms with van der Waals surface area (Å²) in [6.07, 6.45) is 9.06.